The van der Waals surface area contributed by atoms with Gasteiger partial charge in [-0.3, -0.25) is 4.79 Å². The summed E-state index contributed by atoms with van der Waals surface area (Å²) in [7, 11) is 3.03. The molecular weight excluding hydrogens is 300 g/mol. The molecule has 98 valence electrons. The summed E-state index contributed by atoms with van der Waals surface area (Å²) in [5.74, 6) is 0.646. The first kappa shape index (κ1) is 13.6. The van der Waals surface area contributed by atoms with Crippen molar-refractivity contribution in [2.45, 2.75) is 10.0 Å². The maximum absolute atomic E-state index is 12.2. The minimum atomic E-state index is -1.72. The van der Waals surface area contributed by atoms with Crippen LogP contribution in [0.5, 0.6) is 11.5 Å². The summed E-state index contributed by atoms with van der Waals surface area (Å²) in [5.41, 5.74) is 0.377. The van der Waals surface area contributed by atoms with Crippen molar-refractivity contribution < 1.29 is 14.3 Å². The van der Waals surface area contributed by atoms with E-state index in [1.54, 1.807) is 18.2 Å². The van der Waals surface area contributed by atoms with Crippen molar-refractivity contribution in [1.82, 2.24) is 4.90 Å². The maximum Gasteiger partial charge on any atom is 0.260 e. The molecule has 4 nitrogen and oxygen atoms in total. The molecule has 18 heavy (non-hydrogen) atoms. The van der Waals surface area contributed by atoms with E-state index >= 15 is 0 Å². The molecule has 0 N–H and O–H groups in total. The summed E-state index contributed by atoms with van der Waals surface area (Å²) in [4.78, 5) is 13.4. The van der Waals surface area contributed by atoms with E-state index in [-0.39, 0.29) is 5.91 Å². The van der Waals surface area contributed by atoms with E-state index in [1.807, 2.05) is 0 Å². The Balaban J connectivity index is 2.44. The SMILES string of the molecule is COc1ccc2c(c1)C(=O)N(C)C(C(Cl)(Cl)Cl)O2. The number of benzene rings is 1. The van der Waals surface area contributed by atoms with E-state index in [0.717, 1.165) is 0 Å². The number of amides is 1. The minimum absolute atomic E-state index is 0.286. The number of methoxy groups -OCH3 is 1. The highest BCUT2D eigenvalue weighted by atomic mass is 35.6. The average Bonchev–Trinajstić information content (AvgIpc) is 2.32. The first-order valence-electron chi connectivity index (χ1n) is 5.03. The highest BCUT2D eigenvalue weighted by Crippen LogP contribution is 2.39. The second kappa shape index (κ2) is 4.68. The van der Waals surface area contributed by atoms with Gasteiger partial charge in [-0.1, -0.05) is 34.8 Å². The van der Waals surface area contributed by atoms with Crippen LogP contribution in [0.3, 0.4) is 0 Å². The predicted molar refractivity (Wildman–Crippen MR) is 69.8 cm³/mol. The topological polar surface area (TPSA) is 38.8 Å². The Kier molecular flexibility index (Phi) is 3.54. The molecule has 1 aliphatic heterocycles. The number of nitrogens with zero attached hydrogens (tertiary/aromatic N) is 1. The number of alkyl halides is 3. The highest BCUT2D eigenvalue weighted by Gasteiger charge is 2.44. The standard InChI is InChI=1S/C11H10Cl3NO3/c1-15-9(16)7-5-6(17-2)3-4-8(7)18-10(15)11(12,13)14/h3-5,10H,1-2H3. The number of hydrogen-bond donors (Lipinski definition) is 0. The van der Waals surface area contributed by atoms with Gasteiger partial charge in [0.2, 0.25) is 10.0 Å². The van der Waals surface area contributed by atoms with Crippen molar-refractivity contribution in [1.29, 1.82) is 0 Å². The maximum atomic E-state index is 12.2. The second-order valence-corrected chi connectivity index (χ2v) is 6.16. The molecule has 1 aliphatic rings. The highest BCUT2D eigenvalue weighted by molar-refractivity contribution is 6.68. The van der Waals surface area contributed by atoms with Crippen molar-refractivity contribution in [3.8, 4) is 11.5 Å². The van der Waals surface area contributed by atoms with Gasteiger partial charge in [0.1, 0.15) is 11.5 Å². The fourth-order valence-corrected chi connectivity index (χ4v) is 2.26. The molecule has 0 fully saturated rings. The van der Waals surface area contributed by atoms with Crippen LogP contribution in [0.15, 0.2) is 18.2 Å². The monoisotopic (exact) mass is 309 g/mol. The predicted octanol–water partition coefficient (Wildman–Crippen LogP) is 2.86. The van der Waals surface area contributed by atoms with Crippen molar-refractivity contribution in [2.75, 3.05) is 14.2 Å². The summed E-state index contributed by atoms with van der Waals surface area (Å²) in [6, 6.07) is 4.87. The van der Waals surface area contributed by atoms with Crippen LogP contribution in [0.25, 0.3) is 0 Å². The van der Waals surface area contributed by atoms with Crippen LogP contribution < -0.4 is 9.47 Å². The molecule has 0 saturated heterocycles. The molecule has 0 aromatic heterocycles. The summed E-state index contributed by atoms with van der Waals surface area (Å²) in [6.07, 6.45) is -0.962. The lowest BCUT2D eigenvalue weighted by molar-refractivity contribution is 0.0230. The quantitative estimate of drug-likeness (QED) is 0.749. The van der Waals surface area contributed by atoms with Crippen LogP contribution >= 0.6 is 34.8 Å². The normalized spacial score (nSPS) is 19.3. The summed E-state index contributed by atoms with van der Waals surface area (Å²) >= 11 is 17.4. The molecule has 1 atom stereocenters. The van der Waals surface area contributed by atoms with Crippen molar-refractivity contribution in [2.24, 2.45) is 0 Å². The third kappa shape index (κ3) is 2.32. The molecule has 1 unspecified atom stereocenters. The van der Waals surface area contributed by atoms with Gasteiger partial charge in [-0.15, -0.1) is 0 Å². The van der Waals surface area contributed by atoms with E-state index in [9.17, 15) is 4.79 Å². The fourth-order valence-electron chi connectivity index (χ4n) is 1.69. The van der Waals surface area contributed by atoms with Crippen LogP contribution in [-0.2, 0) is 0 Å². The molecule has 2 rings (SSSR count). The van der Waals surface area contributed by atoms with Crippen LogP contribution in [0.1, 0.15) is 10.4 Å². The molecule has 7 heteroatoms. The lowest BCUT2D eigenvalue weighted by atomic mass is 10.1. The van der Waals surface area contributed by atoms with Gasteiger partial charge in [-0.05, 0) is 18.2 Å². The number of hydrogen-bond acceptors (Lipinski definition) is 3. The first-order chi connectivity index (χ1) is 8.34. The van der Waals surface area contributed by atoms with Gasteiger partial charge in [0.15, 0.2) is 0 Å². The Morgan fingerprint density at radius 2 is 2.06 bits per heavy atom. The Morgan fingerprint density at radius 3 is 2.61 bits per heavy atom. The number of ether oxygens (including phenoxy) is 2. The molecule has 1 aromatic carbocycles. The van der Waals surface area contributed by atoms with Gasteiger partial charge in [-0.2, -0.15) is 0 Å². The van der Waals surface area contributed by atoms with Crippen molar-refractivity contribution >= 4 is 40.7 Å². The summed E-state index contributed by atoms with van der Waals surface area (Å²) in [6.45, 7) is 0. The van der Waals surface area contributed by atoms with Gasteiger partial charge >= 0.3 is 0 Å². The average molecular weight is 311 g/mol. The first-order valence-corrected chi connectivity index (χ1v) is 6.16. The van der Waals surface area contributed by atoms with Gasteiger partial charge < -0.3 is 14.4 Å². The minimum Gasteiger partial charge on any atom is -0.497 e. The fraction of sp³-hybridized carbons (Fsp3) is 0.364. The smallest absolute Gasteiger partial charge is 0.260 e. The molecular formula is C11H10Cl3NO3. The van der Waals surface area contributed by atoms with E-state index in [1.165, 1.54) is 19.1 Å². The molecule has 1 aromatic rings. The Hall–Kier alpha value is -0.840. The zero-order valence-electron chi connectivity index (χ0n) is 9.62. The third-order valence-electron chi connectivity index (χ3n) is 2.61. The Labute approximate surface area is 119 Å². The van der Waals surface area contributed by atoms with Crippen LogP contribution in [0.2, 0.25) is 0 Å². The summed E-state index contributed by atoms with van der Waals surface area (Å²) < 4.78 is 8.87. The molecule has 0 bridgehead atoms. The van der Waals surface area contributed by atoms with Crippen LogP contribution in [-0.4, -0.2) is 35.0 Å². The van der Waals surface area contributed by atoms with E-state index in [0.29, 0.717) is 17.1 Å². The molecule has 0 aliphatic carbocycles. The van der Waals surface area contributed by atoms with E-state index < -0.39 is 10.0 Å². The number of rotatable bonds is 1. The molecule has 1 amide bonds. The van der Waals surface area contributed by atoms with Crippen molar-refractivity contribution in [3.63, 3.8) is 0 Å². The molecule has 0 saturated carbocycles. The van der Waals surface area contributed by atoms with Crippen LogP contribution in [0.4, 0.5) is 0 Å². The van der Waals surface area contributed by atoms with Gasteiger partial charge in [0.25, 0.3) is 5.91 Å². The molecule has 1 heterocycles. The number of carbonyl (C=O) groups excluding carboxylic acids is 1. The van der Waals surface area contributed by atoms with Crippen LogP contribution in [0, 0.1) is 0 Å². The summed E-state index contributed by atoms with van der Waals surface area (Å²) in [5, 5.41) is 0. The second-order valence-electron chi connectivity index (χ2n) is 3.79. The zero-order chi connectivity index (χ0) is 13.5. The largest absolute Gasteiger partial charge is 0.497 e. The number of halogens is 3. The van der Waals surface area contributed by atoms with Gasteiger partial charge in [0, 0.05) is 7.05 Å². The van der Waals surface area contributed by atoms with E-state index in [4.69, 9.17) is 44.3 Å². The van der Waals surface area contributed by atoms with Crippen molar-refractivity contribution in [3.05, 3.63) is 23.8 Å². The Bertz CT molecular complexity index is 487. The Morgan fingerprint density at radius 1 is 1.39 bits per heavy atom. The zero-order valence-corrected chi connectivity index (χ0v) is 11.9. The molecule has 0 spiro atoms. The molecule has 0 radical (unpaired) electrons. The van der Waals surface area contributed by atoms with Gasteiger partial charge in [-0.25, -0.2) is 0 Å². The van der Waals surface area contributed by atoms with Gasteiger partial charge in [0.05, 0.1) is 12.7 Å². The lowest BCUT2D eigenvalue weighted by Crippen LogP contribution is -2.51. The number of carbonyl (C=O) groups is 1. The third-order valence-corrected chi connectivity index (χ3v) is 3.17. The lowest BCUT2D eigenvalue weighted by Gasteiger charge is -2.37. The van der Waals surface area contributed by atoms with E-state index in [2.05, 4.69) is 0 Å². The number of fused-ring (bicyclic) bond motifs is 1.